The van der Waals surface area contributed by atoms with Crippen LogP contribution in [0.5, 0.6) is 0 Å². The van der Waals surface area contributed by atoms with Crippen molar-refractivity contribution in [2.45, 2.75) is 0 Å². The molecule has 0 aliphatic rings. The number of aromatic nitrogens is 4. The highest BCUT2D eigenvalue weighted by Gasteiger charge is 2.03. The molecule has 0 radical (unpaired) electrons. The number of H-pyrrole nitrogens is 2. The summed E-state index contributed by atoms with van der Waals surface area (Å²) in [6.07, 6.45) is 1.51. The van der Waals surface area contributed by atoms with Gasteiger partial charge in [0.15, 0.2) is 0 Å². The first-order chi connectivity index (χ1) is 6.24. The topological polar surface area (TPSA) is 78.8 Å². The first-order valence-electron chi connectivity index (χ1n) is 3.79. The van der Waals surface area contributed by atoms with E-state index in [0.29, 0.717) is 16.7 Å². The average molecular weight is 179 g/mol. The zero-order chi connectivity index (χ0) is 9.42. The normalized spacial score (nSPS) is 12.6. The highest BCUT2D eigenvalue weighted by Crippen LogP contribution is 1.97. The van der Waals surface area contributed by atoms with Crippen molar-refractivity contribution in [2.75, 3.05) is 7.05 Å². The maximum Gasteiger partial charge on any atom is 0.274 e. The molecule has 68 valence electrons. The third-order valence-electron chi connectivity index (χ3n) is 1.94. The summed E-state index contributed by atoms with van der Waals surface area (Å²) in [4.78, 5) is 19.1. The minimum absolute atomic E-state index is 0.166. The zero-order valence-electron chi connectivity index (χ0n) is 7.33. The second-order valence-corrected chi connectivity index (χ2v) is 2.68. The lowest BCUT2D eigenvalue weighted by molar-refractivity contribution is 0.797. The molecule has 0 aliphatic carbocycles. The molecule has 2 aromatic heterocycles. The number of rotatable bonds is 0. The molecule has 0 spiro atoms. The van der Waals surface area contributed by atoms with Crippen molar-refractivity contribution in [1.82, 2.24) is 19.7 Å². The van der Waals surface area contributed by atoms with Gasteiger partial charge in [-0.05, 0) is 0 Å². The van der Waals surface area contributed by atoms with Crippen LogP contribution in [-0.2, 0) is 7.05 Å². The second kappa shape index (κ2) is 2.58. The Hall–Kier alpha value is -1.85. The van der Waals surface area contributed by atoms with E-state index in [-0.39, 0.29) is 5.56 Å². The maximum absolute atomic E-state index is 11.2. The van der Waals surface area contributed by atoms with Crippen LogP contribution in [0.25, 0.3) is 11.0 Å². The summed E-state index contributed by atoms with van der Waals surface area (Å²) >= 11 is 0. The van der Waals surface area contributed by atoms with E-state index in [9.17, 15) is 4.79 Å². The van der Waals surface area contributed by atoms with E-state index < -0.39 is 0 Å². The summed E-state index contributed by atoms with van der Waals surface area (Å²) in [6, 6.07) is 0. The molecule has 2 heterocycles. The van der Waals surface area contributed by atoms with Gasteiger partial charge < -0.3 is 0 Å². The molecule has 6 nitrogen and oxygen atoms in total. The second-order valence-electron chi connectivity index (χ2n) is 2.68. The van der Waals surface area contributed by atoms with Crippen molar-refractivity contribution < 1.29 is 0 Å². The van der Waals surface area contributed by atoms with Crippen molar-refractivity contribution >= 4 is 11.0 Å². The van der Waals surface area contributed by atoms with E-state index in [1.165, 1.54) is 6.20 Å². The van der Waals surface area contributed by atoms with Crippen LogP contribution >= 0.6 is 0 Å². The summed E-state index contributed by atoms with van der Waals surface area (Å²) in [5.74, 6) is 0. The largest absolute Gasteiger partial charge is 0.298 e. The monoisotopic (exact) mass is 179 g/mol. The number of nitrogens with zero attached hydrogens (tertiary/aromatic N) is 3. The third-order valence-corrected chi connectivity index (χ3v) is 1.94. The Kier molecular flexibility index (Phi) is 1.54. The molecule has 0 aromatic carbocycles. The molecular weight excluding hydrogens is 170 g/mol. The molecule has 2 aromatic rings. The Labute approximate surface area is 72.9 Å². The third kappa shape index (κ3) is 0.986. The van der Waals surface area contributed by atoms with E-state index in [4.69, 9.17) is 0 Å². The van der Waals surface area contributed by atoms with E-state index in [2.05, 4.69) is 20.2 Å². The van der Waals surface area contributed by atoms with Gasteiger partial charge in [0.1, 0.15) is 11.0 Å². The quantitative estimate of drug-likeness (QED) is 0.550. The van der Waals surface area contributed by atoms with Gasteiger partial charge in [-0.2, -0.15) is 0 Å². The zero-order valence-corrected chi connectivity index (χ0v) is 7.33. The number of hydrogen-bond acceptors (Lipinski definition) is 3. The first-order valence-corrected chi connectivity index (χ1v) is 3.79. The molecule has 6 heteroatoms. The molecule has 2 N–H and O–H groups in total. The van der Waals surface area contributed by atoms with Crippen LogP contribution in [0, 0.1) is 0 Å². The minimum Gasteiger partial charge on any atom is -0.298 e. The predicted molar refractivity (Wildman–Crippen MR) is 47.2 cm³/mol. The molecule has 0 unspecified atom stereocenters. The Bertz CT molecular complexity index is 558. The van der Waals surface area contributed by atoms with Crippen molar-refractivity contribution in [3.05, 3.63) is 22.2 Å². The van der Waals surface area contributed by atoms with E-state index >= 15 is 0 Å². The van der Waals surface area contributed by atoms with Crippen molar-refractivity contribution in [3.63, 3.8) is 0 Å². The van der Waals surface area contributed by atoms with Gasteiger partial charge in [0, 0.05) is 20.3 Å². The fraction of sp³-hybridized carbons (Fsp3) is 0.286. The Morgan fingerprint density at radius 2 is 2.31 bits per heavy atom. The minimum atomic E-state index is -0.166. The Morgan fingerprint density at radius 3 is 3.00 bits per heavy atom. The van der Waals surface area contributed by atoms with Gasteiger partial charge in [-0.25, -0.2) is 4.98 Å². The smallest absolute Gasteiger partial charge is 0.274 e. The van der Waals surface area contributed by atoms with Gasteiger partial charge in [-0.1, -0.05) is 0 Å². The molecule has 0 fully saturated rings. The summed E-state index contributed by atoms with van der Waals surface area (Å²) in [7, 11) is 3.44. The molecule has 0 aliphatic heterocycles. The van der Waals surface area contributed by atoms with Gasteiger partial charge in [-0.15, -0.1) is 0 Å². The predicted octanol–water partition coefficient (Wildman–Crippen LogP) is -0.880. The maximum atomic E-state index is 11.2. The van der Waals surface area contributed by atoms with Crippen LogP contribution in [0.4, 0.5) is 0 Å². The van der Waals surface area contributed by atoms with Crippen LogP contribution in [0.2, 0.25) is 0 Å². The van der Waals surface area contributed by atoms with Crippen molar-refractivity contribution in [1.29, 1.82) is 0 Å². The van der Waals surface area contributed by atoms with Gasteiger partial charge in [0.25, 0.3) is 5.56 Å². The van der Waals surface area contributed by atoms with Crippen LogP contribution < -0.4 is 11.2 Å². The van der Waals surface area contributed by atoms with Gasteiger partial charge >= 0.3 is 0 Å². The lowest BCUT2D eigenvalue weighted by Crippen LogP contribution is -2.21. The Balaban J connectivity index is 3.05. The number of hydrogen-bond donors (Lipinski definition) is 2. The SMILES string of the molecule is CN=c1ncc2c(=O)[nH][nH]c2n1C. The molecule has 2 rings (SSSR count). The molecule has 0 saturated carbocycles. The van der Waals surface area contributed by atoms with Gasteiger partial charge in [0.05, 0.1) is 0 Å². The van der Waals surface area contributed by atoms with Crippen LogP contribution in [0.15, 0.2) is 16.0 Å². The molecule has 0 atom stereocenters. The highest BCUT2D eigenvalue weighted by molar-refractivity contribution is 5.72. The number of aryl methyl sites for hydroxylation is 1. The van der Waals surface area contributed by atoms with Crippen molar-refractivity contribution in [2.24, 2.45) is 12.0 Å². The standard InChI is InChI=1S/C7H9N5O/c1-8-7-9-3-4-5(12(7)2)10-11-6(4)13/h3H,1-2H3,(H2,10,11,13). The number of nitrogens with one attached hydrogen (secondary N) is 2. The van der Waals surface area contributed by atoms with E-state index in [0.717, 1.165) is 0 Å². The lowest BCUT2D eigenvalue weighted by Gasteiger charge is -1.98. The fourth-order valence-corrected chi connectivity index (χ4v) is 1.26. The highest BCUT2D eigenvalue weighted by atomic mass is 16.1. The average Bonchev–Trinajstić information content (AvgIpc) is 2.50. The number of fused-ring (bicyclic) bond motifs is 1. The lowest BCUT2D eigenvalue weighted by atomic mass is 10.4. The molecular formula is C7H9N5O. The summed E-state index contributed by atoms with van der Waals surface area (Å²) < 4.78 is 1.72. The summed E-state index contributed by atoms with van der Waals surface area (Å²) in [5, 5.41) is 5.78. The molecule has 0 saturated heterocycles. The van der Waals surface area contributed by atoms with Crippen LogP contribution in [0.1, 0.15) is 0 Å². The summed E-state index contributed by atoms with van der Waals surface area (Å²) in [5.41, 5.74) is 1.10. The van der Waals surface area contributed by atoms with E-state index in [1.807, 2.05) is 0 Å². The molecule has 0 bridgehead atoms. The van der Waals surface area contributed by atoms with E-state index in [1.54, 1.807) is 18.7 Å². The summed E-state index contributed by atoms with van der Waals surface area (Å²) in [6.45, 7) is 0. The fourth-order valence-electron chi connectivity index (χ4n) is 1.26. The number of aromatic amines is 2. The van der Waals surface area contributed by atoms with Crippen molar-refractivity contribution in [3.8, 4) is 0 Å². The van der Waals surface area contributed by atoms with Gasteiger partial charge in [-0.3, -0.25) is 24.6 Å². The van der Waals surface area contributed by atoms with Crippen LogP contribution in [0.3, 0.4) is 0 Å². The Morgan fingerprint density at radius 1 is 1.54 bits per heavy atom. The molecule has 13 heavy (non-hydrogen) atoms. The van der Waals surface area contributed by atoms with Gasteiger partial charge in [0.2, 0.25) is 5.62 Å². The first kappa shape index (κ1) is 7.78. The van der Waals surface area contributed by atoms with Crippen LogP contribution in [-0.4, -0.2) is 26.8 Å². The molecule has 0 amide bonds.